The van der Waals surface area contributed by atoms with Crippen molar-refractivity contribution in [2.24, 2.45) is 0 Å². The van der Waals surface area contributed by atoms with Gasteiger partial charge in [-0.1, -0.05) is 6.07 Å². The van der Waals surface area contributed by atoms with Crippen LogP contribution in [-0.2, 0) is 0 Å². The van der Waals surface area contributed by atoms with Gasteiger partial charge in [-0.25, -0.2) is 4.39 Å². The van der Waals surface area contributed by atoms with Crippen molar-refractivity contribution in [3.8, 4) is 0 Å². The lowest BCUT2D eigenvalue weighted by molar-refractivity contribution is -0.383. The van der Waals surface area contributed by atoms with Crippen LogP contribution >= 0.6 is 0 Å². The topological polar surface area (TPSA) is 98.3 Å². The van der Waals surface area contributed by atoms with E-state index >= 15 is 0 Å². The summed E-state index contributed by atoms with van der Waals surface area (Å²) in [6, 6.07) is 7.93. The van der Waals surface area contributed by atoms with Crippen LogP contribution in [0.4, 0.5) is 21.5 Å². The van der Waals surface area contributed by atoms with Gasteiger partial charge in [0, 0.05) is 11.6 Å². The van der Waals surface area contributed by atoms with Gasteiger partial charge in [0.15, 0.2) is 0 Å². The van der Waals surface area contributed by atoms with Gasteiger partial charge >= 0.3 is 0 Å². The SMILES string of the molecule is Cc1ccc(F)c(NC(=O)c2ccc(N)c([N+](=O)[O-])c2)c1. The van der Waals surface area contributed by atoms with E-state index in [1.165, 1.54) is 24.3 Å². The Morgan fingerprint density at radius 1 is 1.29 bits per heavy atom. The van der Waals surface area contributed by atoms with Gasteiger partial charge in [0.05, 0.1) is 10.6 Å². The summed E-state index contributed by atoms with van der Waals surface area (Å²) < 4.78 is 13.6. The molecule has 108 valence electrons. The van der Waals surface area contributed by atoms with E-state index in [9.17, 15) is 19.3 Å². The Bertz CT molecular complexity index is 731. The van der Waals surface area contributed by atoms with E-state index in [0.717, 1.165) is 11.6 Å². The molecular formula is C14H12FN3O3. The molecule has 6 nitrogen and oxygen atoms in total. The molecule has 0 saturated heterocycles. The highest BCUT2D eigenvalue weighted by molar-refractivity contribution is 6.05. The van der Waals surface area contributed by atoms with Crippen molar-refractivity contribution >= 4 is 23.0 Å². The summed E-state index contributed by atoms with van der Waals surface area (Å²) in [4.78, 5) is 22.1. The minimum atomic E-state index is -0.681. The smallest absolute Gasteiger partial charge is 0.292 e. The number of halogens is 1. The predicted octanol–water partition coefficient (Wildman–Crippen LogP) is 2.88. The first-order valence-corrected chi connectivity index (χ1v) is 6.00. The highest BCUT2D eigenvalue weighted by Gasteiger charge is 2.16. The van der Waals surface area contributed by atoms with Gasteiger partial charge in [0.1, 0.15) is 11.5 Å². The highest BCUT2D eigenvalue weighted by Crippen LogP contribution is 2.23. The van der Waals surface area contributed by atoms with Crippen LogP contribution in [0.5, 0.6) is 0 Å². The van der Waals surface area contributed by atoms with E-state index in [0.29, 0.717) is 0 Å². The second-order valence-electron chi connectivity index (χ2n) is 4.47. The number of aryl methyl sites for hydroxylation is 1. The molecule has 0 aromatic heterocycles. The molecule has 0 fully saturated rings. The van der Waals surface area contributed by atoms with Crippen LogP contribution in [0.1, 0.15) is 15.9 Å². The molecule has 0 heterocycles. The van der Waals surface area contributed by atoms with Gasteiger partial charge in [-0.2, -0.15) is 0 Å². The van der Waals surface area contributed by atoms with Crippen LogP contribution in [0.15, 0.2) is 36.4 Å². The second-order valence-corrected chi connectivity index (χ2v) is 4.47. The van der Waals surface area contributed by atoms with E-state index in [4.69, 9.17) is 5.73 Å². The summed E-state index contributed by atoms with van der Waals surface area (Å²) in [5.41, 5.74) is 5.85. The molecule has 0 radical (unpaired) electrons. The Balaban J connectivity index is 2.30. The average molecular weight is 289 g/mol. The molecule has 1 amide bonds. The third-order valence-corrected chi connectivity index (χ3v) is 2.86. The number of carbonyl (C=O) groups excluding carboxylic acids is 1. The van der Waals surface area contributed by atoms with Gasteiger partial charge < -0.3 is 11.1 Å². The summed E-state index contributed by atoms with van der Waals surface area (Å²) in [5.74, 6) is -1.23. The van der Waals surface area contributed by atoms with E-state index < -0.39 is 16.6 Å². The van der Waals surface area contributed by atoms with Crippen LogP contribution < -0.4 is 11.1 Å². The number of carbonyl (C=O) groups is 1. The maximum atomic E-state index is 13.6. The monoisotopic (exact) mass is 289 g/mol. The van der Waals surface area contributed by atoms with Gasteiger partial charge in [-0.15, -0.1) is 0 Å². The number of amides is 1. The summed E-state index contributed by atoms with van der Waals surface area (Å²) in [5, 5.41) is 13.2. The zero-order valence-electron chi connectivity index (χ0n) is 11.1. The van der Waals surface area contributed by atoms with Gasteiger partial charge in [-0.05, 0) is 36.8 Å². The largest absolute Gasteiger partial charge is 0.393 e. The number of nitrogens with two attached hydrogens (primary N) is 1. The molecule has 0 atom stereocenters. The Hall–Kier alpha value is -2.96. The molecule has 0 aliphatic carbocycles. The molecule has 2 rings (SSSR count). The number of hydrogen-bond acceptors (Lipinski definition) is 4. The van der Waals surface area contributed by atoms with Gasteiger partial charge in [0.25, 0.3) is 11.6 Å². The predicted molar refractivity (Wildman–Crippen MR) is 76.6 cm³/mol. The number of nitrogens with one attached hydrogen (secondary N) is 1. The maximum Gasteiger partial charge on any atom is 0.292 e. The molecule has 0 unspecified atom stereocenters. The first kappa shape index (κ1) is 14.4. The fourth-order valence-electron chi connectivity index (χ4n) is 1.77. The lowest BCUT2D eigenvalue weighted by atomic mass is 10.1. The Morgan fingerprint density at radius 2 is 2.00 bits per heavy atom. The van der Waals surface area contributed by atoms with E-state index in [2.05, 4.69) is 5.32 Å². The van der Waals surface area contributed by atoms with Crippen LogP contribution in [0.2, 0.25) is 0 Å². The number of benzene rings is 2. The quantitative estimate of drug-likeness (QED) is 0.515. The molecule has 0 aliphatic rings. The maximum absolute atomic E-state index is 13.6. The zero-order valence-corrected chi connectivity index (χ0v) is 11.1. The van der Waals surface area contributed by atoms with Crippen LogP contribution in [0.3, 0.4) is 0 Å². The number of hydrogen-bond donors (Lipinski definition) is 2. The highest BCUT2D eigenvalue weighted by atomic mass is 19.1. The lowest BCUT2D eigenvalue weighted by Crippen LogP contribution is -2.13. The Morgan fingerprint density at radius 3 is 2.67 bits per heavy atom. The summed E-state index contributed by atoms with van der Waals surface area (Å²) in [6.07, 6.45) is 0. The second kappa shape index (κ2) is 5.58. The van der Waals surface area contributed by atoms with E-state index in [-0.39, 0.29) is 22.6 Å². The first-order chi connectivity index (χ1) is 9.88. The van der Waals surface area contributed by atoms with Crippen molar-refractivity contribution in [3.63, 3.8) is 0 Å². The molecule has 0 saturated carbocycles. The van der Waals surface area contributed by atoms with Crippen molar-refractivity contribution in [1.82, 2.24) is 0 Å². The number of rotatable bonds is 3. The van der Waals surface area contributed by atoms with E-state index in [1.54, 1.807) is 13.0 Å². The average Bonchev–Trinajstić information content (AvgIpc) is 2.43. The number of nitro groups is 1. The molecule has 0 spiro atoms. The summed E-state index contributed by atoms with van der Waals surface area (Å²) in [7, 11) is 0. The van der Waals surface area contributed by atoms with Gasteiger partial charge in [-0.3, -0.25) is 14.9 Å². The molecule has 2 aromatic carbocycles. The molecular weight excluding hydrogens is 277 g/mol. The number of nitro benzene ring substituents is 1. The molecule has 7 heteroatoms. The number of nitrogen functional groups attached to an aromatic ring is 1. The molecule has 2 aromatic rings. The van der Waals surface area contributed by atoms with Gasteiger partial charge in [0.2, 0.25) is 0 Å². The van der Waals surface area contributed by atoms with Crippen molar-refractivity contribution < 1.29 is 14.1 Å². The minimum absolute atomic E-state index is 0.0134. The van der Waals surface area contributed by atoms with Crippen LogP contribution in [0.25, 0.3) is 0 Å². The first-order valence-electron chi connectivity index (χ1n) is 6.00. The fraction of sp³-hybridized carbons (Fsp3) is 0.0714. The normalized spacial score (nSPS) is 10.2. The van der Waals surface area contributed by atoms with Crippen molar-refractivity contribution in [2.45, 2.75) is 6.92 Å². The Kier molecular flexibility index (Phi) is 3.84. The zero-order chi connectivity index (χ0) is 15.6. The van der Waals surface area contributed by atoms with Crippen molar-refractivity contribution in [3.05, 3.63) is 63.5 Å². The molecule has 3 N–H and O–H groups in total. The van der Waals surface area contributed by atoms with Crippen LogP contribution in [0, 0.1) is 22.9 Å². The fourth-order valence-corrected chi connectivity index (χ4v) is 1.77. The standard InChI is InChI=1S/C14H12FN3O3/c1-8-2-4-10(15)12(6-8)17-14(19)9-3-5-11(16)13(7-9)18(20)21/h2-7H,16H2,1H3,(H,17,19). The Labute approximate surface area is 119 Å². The third-order valence-electron chi connectivity index (χ3n) is 2.86. The lowest BCUT2D eigenvalue weighted by Gasteiger charge is -2.08. The third kappa shape index (κ3) is 3.14. The van der Waals surface area contributed by atoms with Crippen molar-refractivity contribution in [1.29, 1.82) is 0 Å². The summed E-state index contributed by atoms with van der Waals surface area (Å²) in [6.45, 7) is 1.75. The van der Waals surface area contributed by atoms with Crippen molar-refractivity contribution in [2.75, 3.05) is 11.1 Å². The number of anilines is 2. The summed E-state index contributed by atoms with van der Waals surface area (Å²) >= 11 is 0. The van der Waals surface area contributed by atoms with E-state index in [1.807, 2.05) is 0 Å². The number of nitrogens with zero attached hydrogens (tertiary/aromatic N) is 1. The van der Waals surface area contributed by atoms with Crippen LogP contribution in [-0.4, -0.2) is 10.8 Å². The molecule has 0 bridgehead atoms. The minimum Gasteiger partial charge on any atom is -0.393 e. The molecule has 21 heavy (non-hydrogen) atoms. The molecule has 0 aliphatic heterocycles.